The van der Waals surface area contributed by atoms with Crippen LogP contribution in [0, 0.1) is 6.92 Å². The number of aliphatic carboxylic acids is 1. The molecule has 1 fully saturated rings. The molecule has 3 aromatic rings. The minimum atomic E-state index is -0.861. The Morgan fingerprint density at radius 1 is 1.07 bits per heavy atom. The third-order valence-electron chi connectivity index (χ3n) is 5.80. The maximum atomic E-state index is 11.6. The SMILES string of the molecule is COc1ccc(-c2cccc(Oc3ccc4c(c3)OC3CC43C(=O)O)c2)c(C)c1. The van der Waals surface area contributed by atoms with Gasteiger partial charge in [-0.05, 0) is 53.9 Å². The van der Waals surface area contributed by atoms with Crippen LogP contribution < -0.4 is 14.2 Å². The second-order valence-electron chi connectivity index (χ2n) is 7.56. The zero-order valence-electron chi connectivity index (χ0n) is 16.1. The largest absolute Gasteiger partial charge is 0.497 e. The van der Waals surface area contributed by atoms with E-state index in [1.54, 1.807) is 19.2 Å². The van der Waals surface area contributed by atoms with Crippen LogP contribution in [0.15, 0.2) is 60.7 Å². The Bertz CT molecular complexity index is 1140. The third-order valence-corrected chi connectivity index (χ3v) is 5.80. The number of carboxylic acid groups (broad SMARTS) is 1. The molecular formula is C24H20O5. The number of benzene rings is 3. The van der Waals surface area contributed by atoms with Gasteiger partial charge in [0.2, 0.25) is 0 Å². The molecule has 0 bridgehead atoms. The molecule has 0 amide bonds. The highest BCUT2D eigenvalue weighted by Gasteiger charge is 2.69. The van der Waals surface area contributed by atoms with Crippen molar-refractivity contribution in [3.63, 3.8) is 0 Å². The predicted octanol–water partition coefficient (Wildman–Crippen LogP) is 4.95. The lowest BCUT2D eigenvalue weighted by molar-refractivity contribution is -0.140. The predicted molar refractivity (Wildman–Crippen MR) is 108 cm³/mol. The number of methoxy groups -OCH3 is 1. The smallest absolute Gasteiger partial charge is 0.318 e. The summed E-state index contributed by atoms with van der Waals surface area (Å²) in [6.45, 7) is 2.05. The highest BCUT2D eigenvalue weighted by molar-refractivity contribution is 5.89. The number of ether oxygens (including phenoxy) is 3. The van der Waals surface area contributed by atoms with Gasteiger partial charge in [0.25, 0.3) is 0 Å². The van der Waals surface area contributed by atoms with E-state index in [0.717, 1.165) is 28.0 Å². The first kappa shape index (κ1) is 17.6. The molecule has 2 atom stereocenters. The standard InChI is InChI=1S/C24H20O5/c1-14-10-16(27-2)6-8-19(14)15-4-3-5-17(11-15)28-18-7-9-20-21(12-18)29-22-13-24(20,22)23(25)26/h3-12,22H,13H2,1-2H3,(H,25,26). The molecule has 1 N–H and O–H groups in total. The number of hydrogen-bond acceptors (Lipinski definition) is 4. The third kappa shape index (κ3) is 2.73. The van der Waals surface area contributed by atoms with E-state index in [1.165, 1.54) is 0 Å². The molecule has 0 aromatic heterocycles. The van der Waals surface area contributed by atoms with Crippen LogP contribution in [0.1, 0.15) is 17.5 Å². The summed E-state index contributed by atoms with van der Waals surface area (Å²) in [5.74, 6) is 1.93. The molecule has 29 heavy (non-hydrogen) atoms. The zero-order chi connectivity index (χ0) is 20.2. The fourth-order valence-electron chi connectivity index (χ4n) is 4.14. The molecule has 1 aliphatic heterocycles. The van der Waals surface area contributed by atoms with E-state index in [9.17, 15) is 9.90 Å². The molecule has 2 unspecified atom stereocenters. The molecule has 5 nitrogen and oxygen atoms in total. The maximum absolute atomic E-state index is 11.6. The minimum absolute atomic E-state index is 0.258. The molecule has 2 aliphatic rings. The summed E-state index contributed by atoms with van der Waals surface area (Å²) in [7, 11) is 1.66. The maximum Gasteiger partial charge on any atom is 0.318 e. The van der Waals surface area contributed by atoms with Crippen molar-refractivity contribution in [1.29, 1.82) is 0 Å². The van der Waals surface area contributed by atoms with E-state index in [2.05, 4.69) is 0 Å². The topological polar surface area (TPSA) is 65.0 Å². The van der Waals surface area contributed by atoms with Crippen LogP contribution in [0.4, 0.5) is 0 Å². The van der Waals surface area contributed by atoms with Crippen molar-refractivity contribution in [3.8, 4) is 34.1 Å². The van der Waals surface area contributed by atoms with Gasteiger partial charge in [-0.2, -0.15) is 0 Å². The molecule has 5 heteroatoms. The summed E-state index contributed by atoms with van der Waals surface area (Å²) in [4.78, 5) is 11.6. The summed E-state index contributed by atoms with van der Waals surface area (Å²) in [5.41, 5.74) is 3.15. The molecule has 0 radical (unpaired) electrons. The molecule has 5 rings (SSSR count). The van der Waals surface area contributed by atoms with Gasteiger partial charge < -0.3 is 19.3 Å². The first-order valence-electron chi connectivity index (χ1n) is 9.49. The highest BCUT2D eigenvalue weighted by Crippen LogP contribution is 2.59. The summed E-state index contributed by atoms with van der Waals surface area (Å²) >= 11 is 0. The van der Waals surface area contributed by atoms with Crippen LogP contribution in [-0.2, 0) is 10.2 Å². The molecule has 1 aliphatic carbocycles. The molecule has 1 saturated carbocycles. The van der Waals surface area contributed by atoms with Crippen LogP contribution in [0.2, 0.25) is 0 Å². The molecule has 0 saturated heterocycles. The number of carbonyl (C=O) groups is 1. The van der Waals surface area contributed by atoms with Crippen molar-refractivity contribution in [2.45, 2.75) is 24.9 Å². The van der Waals surface area contributed by atoms with Crippen molar-refractivity contribution in [2.24, 2.45) is 0 Å². The van der Waals surface area contributed by atoms with Gasteiger partial charge in [0.05, 0.1) is 7.11 Å². The average Bonchev–Trinajstić information content (AvgIpc) is 3.35. The van der Waals surface area contributed by atoms with Crippen LogP contribution in [0.3, 0.4) is 0 Å². The van der Waals surface area contributed by atoms with Gasteiger partial charge in [-0.3, -0.25) is 4.79 Å². The van der Waals surface area contributed by atoms with Gasteiger partial charge in [-0.1, -0.05) is 24.3 Å². The Hall–Kier alpha value is -3.47. The van der Waals surface area contributed by atoms with Crippen molar-refractivity contribution < 1.29 is 24.1 Å². The van der Waals surface area contributed by atoms with E-state index in [1.807, 2.05) is 55.5 Å². The number of rotatable bonds is 5. The van der Waals surface area contributed by atoms with Crippen LogP contribution in [0.5, 0.6) is 23.0 Å². The average molecular weight is 388 g/mol. The van der Waals surface area contributed by atoms with Gasteiger partial charge in [0.1, 0.15) is 34.5 Å². The number of aryl methyl sites for hydroxylation is 1. The van der Waals surface area contributed by atoms with Gasteiger partial charge >= 0.3 is 5.97 Å². The second kappa shape index (κ2) is 6.27. The van der Waals surface area contributed by atoms with Gasteiger partial charge in [0.15, 0.2) is 0 Å². The number of fused-ring (bicyclic) bond motifs is 3. The Balaban J connectivity index is 1.41. The van der Waals surface area contributed by atoms with Crippen molar-refractivity contribution in [1.82, 2.24) is 0 Å². The quantitative estimate of drug-likeness (QED) is 0.670. The summed E-state index contributed by atoms with van der Waals surface area (Å²) < 4.78 is 17.1. The van der Waals surface area contributed by atoms with Crippen molar-refractivity contribution >= 4 is 5.97 Å². The Labute approximate surface area is 168 Å². The fraction of sp³-hybridized carbons (Fsp3) is 0.208. The van der Waals surface area contributed by atoms with E-state index in [0.29, 0.717) is 23.7 Å². The van der Waals surface area contributed by atoms with E-state index >= 15 is 0 Å². The van der Waals surface area contributed by atoms with Gasteiger partial charge in [-0.25, -0.2) is 0 Å². The lowest BCUT2D eigenvalue weighted by Crippen LogP contribution is -2.21. The Kier molecular flexibility index (Phi) is 3.81. The van der Waals surface area contributed by atoms with Crippen LogP contribution in [-0.4, -0.2) is 24.3 Å². The van der Waals surface area contributed by atoms with Gasteiger partial charge in [-0.15, -0.1) is 0 Å². The fourth-order valence-corrected chi connectivity index (χ4v) is 4.14. The van der Waals surface area contributed by atoms with Crippen molar-refractivity contribution in [3.05, 3.63) is 71.8 Å². The summed E-state index contributed by atoms with van der Waals surface area (Å²) in [5, 5.41) is 9.54. The molecular weight excluding hydrogens is 368 g/mol. The Morgan fingerprint density at radius 3 is 2.62 bits per heavy atom. The normalized spacial score (nSPS) is 21.0. The molecule has 0 spiro atoms. The lowest BCUT2D eigenvalue weighted by atomic mass is 9.96. The first-order chi connectivity index (χ1) is 14.0. The minimum Gasteiger partial charge on any atom is -0.497 e. The van der Waals surface area contributed by atoms with Crippen LogP contribution >= 0.6 is 0 Å². The monoisotopic (exact) mass is 388 g/mol. The lowest BCUT2D eigenvalue weighted by Gasteiger charge is -2.12. The Morgan fingerprint density at radius 2 is 1.86 bits per heavy atom. The number of carboxylic acids is 1. The van der Waals surface area contributed by atoms with Crippen LogP contribution in [0.25, 0.3) is 11.1 Å². The zero-order valence-corrected chi connectivity index (χ0v) is 16.1. The second-order valence-corrected chi connectivity index (χ2v) is 7.56. The highest BCUT2D eigenvalue weighted by atomic mass is 16.5. The van der Waals surface area contributed by atoms with E-state index in [-0.39, 0.29) is 6.10 Å². The summed E-state index contributed by atoms with van der Waals surface area (Å²) in [6.07, 6.45) is 0.283. The summed E-state index contributed by atoms with van der Waals surface area (Å²) in [6, 6.07) is 19.2. The molecule has 3 aromatic carbocycles. The van der Waals surface area contributed by atoms with E-state index in [4.69, 9.17) is 14.2 Å². The number of hydrogen-bond donors (Lipinski definition) is 1. The molecule has 146 valence electrons. The first-order valence-corrected chi connectivity index (χ1v) is 9.49. The van der Waals surface area contributed by atoms with Gasteiger partial charge in [0, 0.05) is 18.1 Å². The molecule has 1 heterocycles. The van der Waals surface area contributed by atoms with Crippen molar-refractivity contribution in [2.75, 3.05) is 7.11 Å². The van der Waals surface area contributed by atoms with E-state index < -0.39 is 11.4 Å².